The van der Waals surface area contributed by atoms with Crippen molar-refractivity contribution in [2.45, 2.75) is 6.42 Å². The minimum Gasteiger partial charge on any atom is -0.377 e. The van der Waals surface area contributed by atoms with Crippen LogP contribution in [0, 0.1) is 0 Å². The fourth-order valence-electron chi connectivity index (χ4n) is 0.932. The molecule has 1 aromatic carbocycles. The van der Waals surface area contributed by atoms with Crippen LogP contribution in [0.3, 0.4) is 0 Å². The standard InChI is InChI=1S/C9H11NO2/c11-7-10-9(12)6-8-4-2-1-3-5-8/h1-5,11H,6-7H2,(H,10,12). The van der Waals surface area contributed by atoms with Gasteiger partial charge in [-0.25, -0.2) is 0 Å². The number of aliphatic hydroxyl groups is 1. The van der Waals surface area contributed by atoms with Gasteiger partial charge in [0.15, 0.2) is 0 Å². The van der Waals surface area contributed by atoms with Gasteiger partial charge in [-0.15, -0.1) is 0 Å². The molecule has 64 valence electrons. The Hall–Kier alpha value is -1.35. The molecule has 0 saturated carbocycles. The summed E-state index contributed by atoms with van der Waals surface area (Å²) in [5.74, 6) is -0.163. The van der Waals surface area contributed by atoms with E-state index in [1.165, 1.54) is 0 Å². The number of hydrogen-bond donors (Lipinski definition) is 2. The Morgan fingerprint density at radius 1 is 1.33 bits per heavy atom. The molecule has 0 bridgehead atoms. The lowest BCUT2D eigenvalue weighted by molar-refractivity contribution is -0.121. The highest BCUT2D eigenvalue weighted by Gasteiger charge is 1.99. The van der Waals surface area contributed by atoms with Gasteiger partial charge in [0.05, 0.1) is 6.42 Å². The van der Waals surface area contributed by atoms with E-state index < -0.39 is 0 Å². The molecule has 0 aliphatic carbocycles. The van der Waals surface area contributed by atoms with Gasteiger partial charge < -0.3 is 10.4 Å². The molecule has 0 aliphatic rings. The summed E-state index contributed by atoms with van der Waals surface area (Å²) in [6.45, 7) is -0.300. The summed E-state index contributed by atoms with van der Waals surface area (Å²) in [5, 5.41) is 10.7. The quantitative estimate of drug-likeness (QED) is 0.633. The van der Waals surface area contributed by atoms with E-state index in [1.54, 1.807) is 0 Å². The predicted molar refractivity (Wildman–Crippen MR) is 45.4 cm³/mol. The highest BCUT2D eigenvalue weighted by molar-refractivity contribution is 5.78. The van der Waals surface area contributed by atoms with Crippen molar-refractivity contribution in [3.8, 4) is 0 Å². The van der Waals surface area contributed by atoms with Crippen molar-refractivity contribution in [2.75, 3.05) is 6.73 Å². The van der Waals surface area contributed by atoms with Crippen molar-refractivity contribution in [1.29, 1.82) is 0 Å². The minimum absolute atomic E-state index is 0.163. The summed E-state index contributed by atoms with van der Waals surface area (Å²) < 4.78 is 0. The second-order valence-electron chi connectivity index (χ2n) is 2.42. The van der Waals surface area contributed by atoms with Gasteiger partial charge in [-0.1, -0.05) is 30.3 Å². The Bertz CT molecular complexity index is 246. The maximum Gasteiger partial charge on any atom is 0.226 e. The van der Waals surface area contributed by atoms with Crippen LogP contribution in [0.4, 0.5) is 0 Å². The van der Waals surface area contributed by atoms with Gasteiger partial charge >= 0.3 is 0 Å². The predicted octanol–water partition coefficient (Wildman–Crippen LogP) is 0.295. The number of carbonyl (C=O) groups is 1. The molecular formula is C9H11NO2. The summed E-state index contributed by atoms with van der Waals surface area (Å²) in [4.78, 5) is 10.9. The highest BCUT2D eigenvalue weighted by Crippen LogP contribution is 1.98. The Morgan fingerprint density at radius 2 is 2.00 bits per heavy atom. The molecule has 0 radical (unpaired) electrons. The summed E-state index contributed by atoms with van der Waals surface area (Å²) in [6, 6.07) is 9.39. The molecule has 0 saturated heterocycles. The first kappa shape index (κ1) is 8.74. The third kappa shape index (κ3) is 2.72. The van der Waals surface area contributed by atoms with E-state index >= 15 is 0 Å². The number of carbonyl (C=O) groups excluding carboxylic acids is 1. The Kier molecular flexibility index (Phi) is 3.29. The van der Waals surface area contributed by atoms with E-state index in [-0.39, 0.29) is 12.6 Å². The van der Waals surface area contributed by atoms with Crippen LogP contribution < -0.4 is 5.32 Å². The van der Waals surface area contributed by atoms with Crippen LogP contribution in [-0.4, -0.2) is 17.7 Å². The molecule has 3 nitrogen and oxygen atoms in total. The molecule has 0 unspecified atom stereocenters. The van der Waals surface area contributed by atoms with E-state index in [4.69, 9.17) is 5.11 Å². The molecule has 0 aliphatic heterocycles. The van der Waals surface area contributed by atoms with E-state index in [9.17, 15) is 4.79 Å². The van der Waals surface area contributed by atoms with Crippen molar-refractivity contribution >= 4 is 5.91 Å². The molecule has 2 N–H and O–H groups in total. The van der Waals surface area contributed by atoms with Gasteiger partial charge in [0.1, 0.15) is 6.73 Å². The SMILES string of the molecule is O=C(Cc1ccccc1)NCO. The monoisotopic (exact) mass is 165 g/mol. The van der Waals surface area contributed by atoms with Gasteiger partial charge in [0, 0.05) is 0 Å². The molecule has 1 aromatic rings. The van der Waals surface area contributed by atoms with Crippen LogP contribution in [-0.2, 0) is 11.2 Å². The van der Waals surface area contributed by atoms with E-state index in [2.05, 4.69) is 5.32 Å². The molecule has 1 amide bonds. The van der Waals surface area contributed by atoms with E-state index in [0.29, 0.717) is 6.42 Å². The fraction of sp³-hybridized carbons (Fsp3) is 0.222. The molecule has 0 aromatic heterocycles. The number of nitrogens with one attached hydrogen (secondary N) is 1. The molecule has 3 heteroatoms. The molecule has 0 spiro atoms. The number of rotatable bonds is 3. The van der Waals surface area contributed by atoms with Crippen molar-refractivity contribution in [1.82, 2.24) is 5.32 Å². The average molecular weight is 165 g/mol. The number of hydrogen-bond acceptors (Lipinski definition) is 2. The zero-order chi connectivity index (χ0) is 8.81. The molecule has 12 heavy (non-hydrogen) atoms. The Labute approximate surface area is 71.0 Å². The second-order valence-corrected chi connectivity index (χ2v) is 2.42. The highest BCUT2D eigenvalue weighted by atomic mass is 16.3. The van der Waals surface area contributed by atoms with Crippen LogP contribution in [0.1, 0.15) is 5.56 Å². The zero-order valence-electron chi connectivity index (χ0n) is 6.66. The zero-order valence-corrected chi connectivity index (χ0v) is 6.66. The maximum absolute atomic E-state index is 10.9. The summed E-state index contributed by atoms with van der Waals surface area (Å²) in [6.07, 6.45) is 0.321. The summed E-state index contributed by atoms with van der Waals surface area (Å²) in [5.41, 5.74) is 0.948. The third-order valence-electron chi connectivity index (χ3n) is 1.48. The normalized spacial score (nSPS) is 9.42. The molecular weight excluding hydrogens is 154 g/mol. The van der Waals surface area contributed by atoms with Crippen LogP contribution in [0.15, 0.2) is 30.3 Å². The smallest absolute Gasteiger partial charge is 0.226 e. The van der Waals surface area contributed by atoms with Crippen LogP contribution in [0.25, 0.3) is 0 Å². The van der Waals surface area contributed by atoms with Crippen molar-refractivity contribution < 1.29 is 9.90 Å². The van der Waals surface area contributed by atoms with Crippen LogP contribution in [0.2, 0.25) is 0 Å². The van der Waals surface area contributed by atoms with Gasteiger partial charge in [0.25, 0.3) is 0 Å². The lowest BCUT2D eigenvalue weighted by atomic mass is 10.1. The Balaban J connectivity index is 2.47. The van der Waals surface area contributed by atoms with Gasteiger partial charge in [-0.05, 0) is 5.56 Å². The third-order valence-corrected chi connectivity index (χ3v) is 1.48. The minimum atomic E-state index is -0.300. The van der Waals surface area contributed by atoms with Crippen molar-refractivity contribution in [2.24, 2.45) is 0 Å². The number of aliphatic hydroxyl groups excluding tert-OH is 1. The lowest BCUT2D eigenvalue weighted by Crippen LogP contribution is -2.25. The molecule has 1 rings (SSSR count). The second kappa shape index (κ2) is 4.51. The maximum atomic E-state index is 10.9. The fourth-order valence-corrected chi connectivity index (χ4v) is 0.932. The molecule has 0 atom stereocenters. The average Bonchev–Trinajstić information content (AvgIpc) is 2.06. The first-order valence-electron chi connectivity index (χ1n) is 3.74. The first-order chi connectivity index (χ1) is 5.83. The van der Waals surface area contributed by atoms with E-state index in [0.717, 1.165) is 5.56 Å². The summed E-state index contributed by atoms with van der Waals surface area (Å²) in [7, 11) is 0. The molecule has 0 heterocycles. The summed E-state index contributed by atoms with van der Waals surface area (Å²) >= 11 is 0. The topological polar surface area (TPSA) is 49.3 Å². The van der Waals surface area contributed by atoms with E-state index in [1.807, 2.05) is 30.3 Å². The first-order valence-corrected chi connectivity index (χ1v) is 3.74. The van der Waals surface area contributed by atoms with Gasteiger partial charge in [-0.2, -0.15) is 0 Å². The van der Waals surface area contributed by atoms with Crippen molar-refractivity contribution in [3.05, 3.63) is 35.9 Å². The van der Waals surface area contributed by atoms with Crippen LogP contribution >= 0.6 is 0 Å². The van der Waals surface area contributed by atoms with Gasteiger partial charge in [-0.3, -0.25) is 4.79 Å². The Morgan fingerprint density at radius 3 is 2.58 bits per heavy atom. The van der Waals surface area contributed by atoms with Crippen molar-refractivity contribution in [3.63, 3.8) is 0 Å². The number of benzene rings is 1. The van der Waals surface area contributed by atoms with Gasteiger partial charge in [0.2, 0.25) is 5.91 Å². The largest absolute Gasteiger partial charge is 0.377 e. The lowest BCUT2D eigenvalue weighted by Gasteiger charge is -2.00. The van der Waals surface area contributed by atoms with Crippen LogP contribution in [0.5, 0.6) is 0 Å². The number of amides is 1. The molecule has 0 fully saturated rings.